The summed E-state index contributed by atoms with van der Waals surface area (Å²) in [5.41, 5.74) is 0.567. The molecule has 0 spiro atoms. The predicted octanol–water partition coefficient (Wildman–Crippen LogP) is 1.85. The Morgan fingerprint density at radius 3 is 2.28 bits per heavy atom. The lowest BCUT2D eigenvalue weighted by Gasteiger charge is -2.11. The number of halogens is 1. The van der Waals surface area contributed by atoms with E-state index in [0.29, 0.717) is 5.56 Å². The van der Waals surface area contributed by atoms with E-state index in [0.717, 1.165) is 4.90 Å². The SMILES string of the molecule is CN(CC(=O)c1ccc(N=S(=O)=O)cc1)C(=O)Cl. The van der Waals surface area contributed by atoms with Crippen LogP contribution >= 0.6 is 11.6 Å². The summed E-state index contributed by atoms with van der Waals surface area (Å²) in [5, 5.41) is -0.725. The van der Waals surface area contributed by atoms with Crippen LogP contribution in [0.4, 0.5) is 10.5 Å². The molecule has 0 unspecified atom stereocenters. The number of nitrogens with zero attached hydrogens (tertiary/aromatic N) is 2. The van der Waals surface area contributed by atoms with Gasteiger partial charge in [0.05, 0.1) is 12.2 Å². The van der Waals surface area contributed by atoms with Crippen LogP contribution in [-0.4, -0.2) is 38.1 Å². The van der Waals surface area contributed by atoms with Gasteiger partial charge in [-0.3, -0.25) is 9.59 Å². The van der Waals surface area contributed by atoms with Gasteiger partial charge in [-0.1, -0.05) is 0 Å². The Balaban J connectivity index is 2.82. The molecule has 0 atom stereocenters. The van der Waals surface area contributed by atoms with Crippen molar-refractivity contribution in [2.75, 3.05) is 13.6 Å². The summed E-state index contributed by atoms with van der Waals surface area (Å²) in [6, 6.07) is 5.65. The summed E-state index contributed by atoms with van der Waals surface area (Å²) >= 11 is 5.19. The zero-order valence-corrected chi connectivity index (χ0v) is 10.9. The first kappa shape index (κ1) is 14.3. The van der Waals surface area contributed by atoms with Gasteiger partial charge in [0, 0.05) is 12.6 Å². The fraction of sp³-hybridized carbons (Fsp3) is 0.200. The van der Waals surface area contributed by atoms with Crippen molar-refractivity contribution in [2.24, 2.45) is 4.36 Å². The van der Waals surface area contributed by atoms with Gasteiger partial charge in [0.2, 0.25) is 0 Å². The van der Waals surface area contributed by atoms with E-state index < -0.39 is 15.9 Å². The summed E-state index contributed by atoms with van der Waals surface area (Å²) in [5.74, 6) is -0.304. The van der Waals surface area contributed by atoms with Crippen LogP contribution in [0.1, 0.15) is 10.4 Å². The summed E-state index contributed by atoms with van der Waals surface area (Å²) in [6.07, 6.45) is 0. The largest absolute Gasteiger partial charge is 0.325 e. The molecule has 0 aliphatic rings. The lowest BCUT2D eigenvalue weighted by Crippen LogP contribution is -2.27. The third-order valence-electron chi connectivity index (χ3n) is 2.05. The number of amides is 1. The van der Waals surface area contributed by atoms with Crippen LogP contribution in [0.5, 0.6) is 0 Å². The molecule has 0 heterocycles. The van der Waals surface area contributed by atoms with Crippen molar-refractivity contribution >= 4 is 38.9 Å². The van der Waals surface area contributed by atoms with Gasteiger partial charge in [-0.05, 0) is 35.9 Å². The van der Waals surface area contributed by atoms with E-state index in [1.165, 1.54) is 31.3 Å². The van der Waals surface area contributed by atoms with Gasteiger partial charge >= 0.3 is 15.9 Å². The van der Waals surface area contributed by atoms with E-state index in [9.17, 15) is 18.0 Å². The van der Waals surface area contributed by atoms with Crippen LogP contribution in [0, 0.1) is 0 Å². The molecule has 0 saturated carbocycles. The van der Waals surface area contributed by atoms with Crippen molar-refractivity contribution < 1.29 is 18.0 Å². The molecule has 0 N–H and O–H groups in total. The predicted molar refractivity (Wildman–Crippen MR) is 65.7 cm³/mol. The van der Waals surface area contributed by atoms with E-state index in [-0.39, 0.29) is 18.0 Å². The molecule has 0 aliphatic heterocycles. The minimum atomic E-state index is -2.53. The molecule has 0 aromatic heterocycles. The van der Waals surface area contributed by atoms with Gasteiger partial charge in [0.25, 0.3) is 0 Å². The van der Waals surface area contributed by atoms with Crippen LogP contribution in [0.25, 0.3) is 0 Å². The van der Waals surface area contributed by atoms with Crippen LogP contribution < -0.4 is 0 Å². The lowest BCUT2D eigenvalue weighted by molar-refractivity contribution is 0.0961. The average Bonchev–Trinajstić information content (AvgIpc) is 2.28. The number of ketones is 1. The second-order valence-electron chi connectivity index (χ2n) is 3.39. The van der Waals surface area contributed by atoms with Crippen molar-refractivity contribution in [3.63, 3.8) is 0 Å². The van der Waals surface area contributed by atoms with Gasteiger partial charge in [-0.2, -0.15) is 8.42 Å². The molecule has 1 aromatic rings. The van der Waals surface area contributed by atoms with Crippen molar-refractivity contribution in [1.29, 1.82) is 0 Å². The number of Topliss-reactive ketones (excluding diaryl/α,β-unsaturated/α-hetero) is 1. The number of carbonyl (C=O) groups is 2. The highest BCUT2D eigenvalue weighted by Gasteiger charge is 2.12. The number of benzene rings is 1. The van der Waals surface area contributed by atoms with Crippen molar-refractivity contribution in [3.05, 3.63) is 29.8 Å². The molecule has 1 aromatic carbocycles. The number of rotatable bonds is 4. The molecule has 8 heteroatoms. The normalized spacial score (nSPS) is 9.67. The Morgan fingerprint density at radius 1 is 1.28 bits per heavy atom. The number of likely N-dealkylation sites (N-methyl/N-ethyl adjacent to an activating group) is 1. The summed E-state index contributed by atoms with van der Waals surface area (Å²) in [6.45, 7) is -0.147. The van der Waals surface area contributed by atoms with Gasteiger partial charge in [0.1, 0.15) is 0 Å². The Kier molecular flexibility index (Phi) is 4.99. The van der Waals surface area contributed by atoms with Gasteiger partial charge in [-0.15, -0.1) is 4.36 Å². The first-order valence-corrected chi connectivity index (χ1v) is 6.16. The van der Waals surface area contributed by atoms with Gasteiger partial charge in [0.15, 0.2) is 5.78 Å². The fourth-order valence-electron chi connectivity index (χ4n) is 1.16. The molecule has 6 nitrogen and oxygen atoms in total. The highest BCUT2D eigenvalue weighted by atomic mass is 35.5. The fourth-order valence-corrected chi connectivity index (χ4v) is 1.52. The highest BCUT2D eigenvalue weighted by molar-refractivity contribution is 7.61. The second-order valence-corrected chi connectivity index (χ2v) is 4.33. The maximum absolute atomic E-state index is 11.7. The zero-order valence-electron chi connectivity index (χ0n) is 9.33. The molecule has 1 amide bonds. The number of hydrogen-bond acceptors (Lipinski definition) is 5. The van der Waals surface area contributed by atoms with E-state index >= 15 is 0 Å². The molecule has 96 valence electrons. The van der Waals surface area contributed by atoms with Crippen LogP contribution in [-0.2, 0) is 10.5 Å². The third-order valence-corrected chi connectivity index (χ3v) is 2.70. The van der Waals surface area contributed by atoms with E-state index in [1.54, 1.807) is 0 Å². The second kappa shape index (κ2) is 6.27. The zero-order chi connectivity index (χ0) is 13.7. The Hall–Kier alpha value is -1.73. The third kappa shape index (κ3) is 4.27. The molecule has 0 bridgehead atoms. The summed E-state index contributed by atoms with van der Waals surface area (Å²) < 4.78 is 23.9. The van der Waals surface area contributed by atoms with Crippen LogP contribution in [0.15, 0.2) is 28.6 Å². The standard InChI is InChI=1S/C10H9ClN2O4S/c1-13(10(11)15)6-9(14)7-2-4-8(5-3-7)12-18(16)17/h2-5H,6H2,1H3. The molecule has 1 rings (SSSR count). The number of hydrogen-bond donors (Lipinski definition) is 0. The van der Waals surface area contributed by atoms with Crippen molar-refractivity contribution in [3.8, 4) is 0 Å². The van der Waals surface area contributed by atoms with Gasteiger partial charge in [-0.25, -0.2) is 0 Å². The Bertz CT molecular complexity index is 587. The molecule has 18 heavy (non-hydrogen) atoms. The topological polar surface area (TPSA) is 83.9 Å². The first-order valence-electron chi connectivity index (χ1n) is 4.75. The molecule has 0 fully saturated rings. The maximum Gasteiger partial charge on any atom is 0.316 e. The maximum atomic E-state index is 11.7. The Morgan fingerprint density at radius 2 is 1.83 bits per heavy atom. The smallest absolute Gasteiger partial charge is 0.316 e. The highest BCUT2D eigenvalue weighted by Crippen LogP contribution is 2.13. The minimum absolute atomic E-state index is 0.147. The Labute approximate surface area is 110 Å². The number of carbonyl (C=O) groups excluding carboxylic acids is 2. The molecule has 0 aliphatic carbocycles. The van der Waals surface area contributed by atoms with Crippen molar-refractivity contribution in [2.45, 2.75) is 0 Å². The summed E-state index contributed by atoms with van der Waals surface area (Å²) in [7, 11) is -1.13. The van der Waals surface area contributed by atoms with Crippen molar-refractivity contribution in [1.82, 2.24) is 4.90 Å². The average molecular weight is 289 g/mol. The van der Waals surface area contributed by atoms with Gasteiger partial charge < -0.3 is 4.90 Å². The van der Waals surface area contributed by atoms with Crippen LogP contribution in [0.2, 0.25) is 0 Å². The van der Waals surface area contributed by atoms with E-state index in [2.05, 4.69) is 4.36 Å². The first-order chi connectivity index (χ1) is 8.40. The minimum Gasteiger partial charge on any atom is -0.325 e. The molecule has 0 radical (unpaired) electrons. The molecular formula is C10H9ClN2O4S. The molecular weight excluding hydrogens is 280 g/mol. The quantitative estimate of drug-likeness (QED) is 0.481. The van der Waals surface area contributed by atoms with E-state index in [4.69, 9.17) is 11.6 Å². The van der Waals surface area contributed by atoms with Crippen LogP contribution in [0.3, 0.4) is 0 Å². The molecule has 0 saturated heterocycles. The summed E-state index contributed by atoms with van der Waals surface area (Å²) in [4.78, 5) is 23.5. The monoisotopic (exact) mass is 288 g/mol. The lowest BCUT2D eigenvalue weighted by atomic mass is 10.1. The van der Waals surface area contributed by atoms with E-state index in [1.807, 2.05) is 0 Å².